The first-order chi connectivity index (χ1) is 10.7. The maximum absolute atomic E-state index is 12.8. The van der Waals surface area contributed by atoms with Crippen molar-refractivity contribution in [3.05, 3.63) is 58.6 Å². The van der Waals surface area contributed by atoms with E-state index in [9.17, 15) is 4.79 Å². The van der Waals surface area contributed by atoms with E-state index in [2.05, 4.69) is 15.3 Å². The van der Waals surface area contributed by atoms with Gasteiger partial charge in [-0.25, -0.2) is 4.98 Å². The van der Waals surface area contributed by atoms with Gasteiger partial charge in [-0.05, 0) is 18.6 Å². The molecule has 0 bridgehead atoms. The lowest BCUT2D eigenvalue weighted by molar-refractivity contribution is 0.0628. The van der Waals surface area contributed by atoms with Crippen molar-refractivity contribution in [2.24, 2.45) is 0 Å². The highest BCUT2D eigenvalue weighted by molar-refractivity contribution is 6.31. The number of nitrogens with one attached hydrogen (secondary N) is 1. The van der Waals surface area contributed by atoms with Gasteiger partial charge in [0.05, 0.1) is 17.9 Å². The average Bonchev–Trinajstić information content (AvgIpc) is 2.55. The Labute approximate surface area is 158 Å². The van der Waals surface area contributed by atoms with Crippen LogP contribution in [0.4, 0.5) is 0 Å². The molecule has 130 valence electrons. The van der Waals surface area contributed by atoms with Crippen LogP contribution < -0.4 is 5.32 Å². The van der Waals surface area contributed by atoms with Gasteiger partial charge in [0.2, 0.25) is 0 Å². The van der Waals surface area contributed by atoms with E-state index in [-0.39, 0.29) is 36.8 Å². The number of amides is 1. The predicted octanol–water partition coefficient (Wildman–Crippen LogP) is 3.07. The molecule has 0 radical (unpaired) electrons. The quantitative estimate of drug-likeness (QED) is 0.857. The summed E-state index contributed by atoms with van der Waals surface area (Å²) in [7, 11) is 0. The molecule has 1 aromatic carbocycles. The van der Waals surface area contributed by atoms with Gasteiger partial charge >= 0.3 is 0 Å². The summed E-state index contributed by atoms with van der Waals surface area (Å²) < 4.78 is 0. The van der Waals surface area contributed by atoms with Crippen LogP contribution in [-0.2, 0) is 0 Å². The largest absolute Gasteiger partial charge is 0.328 e. The topological polar surface area (TPSA) is 58.1 Å². The molecule has 1 aliphatic rings. The van der Waals surface area contributed by atoms with Crippen molar-refractivity contribution in [2.75, 3.05) is 19.6 Å². The van der Waals surface area contributed by atoms with E-state index >= 15 is 0 Å². The van der Waals surface area contributed by atoms with E-state index < -0.39 is 0 Å². The number of hydrogen-bond acceptors (Lipinski definition) is 4. The first-order valence-corrected chi connectivity index (χ1v) is 7.59. The van der Waals surface area contributed by atoms with Crippen LogP contribution in [0.5, 0.6) is 0 Å². The van der Waals surface area contributed by atoms with Crippen LogP contribution in [0.15, 0.2) is 36.7 Å². The zero-order chi connectivity index (χ0) is 15.5. The summed E-state index contributed by atoms with van der Waals surface area (Å²) in [6.45, 7) is 3.89. The van der Waals surface area contributed by atoms with E-state index in [1.165, 1.54) is 6.20 Å². The number of hydrogen-bond donors (Lipinski definition) is 1. The van der Waals surface area contributed by atoms with E-state index in [1.54, 1.807) is 6.20 Å². The molecule has 1 unspecified atom stereocenters. The van der Waals surface area contributed by atoms with E-state index in [0.717, 1.165) is 17.8 Å². The van der Waals surface area contributed by atoms with Gasteiger partial charge in [0.1, 0.15) is 5.69 Å². The Morgan fingerprint density at radius 3 is 2.67 bits per heavy atom. The van der Waals surface area contributed by atoms with E-state index in [1.807, 2.05) is 36.1 Å². The SMILES string of the molecule is Cc1cnc(C(=O)N2CCNCC2c2ccccc2Cl)cn1.Cl.Cl. The Kier molecular flexibility index (Phi) is 7.90. The Bertz CT molecular complexity index is 681. The van der Waals surface area contributed by atoms with Crippen LogP contribution in [0.2, 0.25) is 5.02 Å². The molecule has 1 saturated heterocycles. The second-order valence-corrected chi connectivity index (χ2v) is 5.69. The molecule has 5 nitrogen and oxygen atoms in total. The fourth-order valence-corrected chi connectivity index (χ4v) is 2.88. The predicted molar refractivity (Wildman–Crippen MR) is 99.4 cm³/mol. The van der Waals surface area contributed by atoms with Crippen LogP contribution in [0.3, 0.4) is 0 Å². The minimum atomic E-state index is -0.112. The van der Waals surface area contributed by atoms with Crippen LogP contribution in [0.25, 0.3) is 0 Å². The van der Waals surface area contributed by atoms with Crippen LogP contribution in [0, 0.1) is 6.92 Å². The number of aromatic nitrogens is 2. The molecule has 1 fully saturated rings. The lowest BCUT2D eigenvalue weighted by Gasteiger charge is -2.36. The Balaban J connectivity index is 0.00000144. The third-order valence-corrected chi connectivity index (χ3v) is 4.11. The van der Waals surface area contributed by atoms with Crippen molar-refractivity contribution in [3.8, 4) is 0 Å². The molecule has 2 heterocycles. The summed E-state index contributed by atoms with van der Waals surface area (Å²) >= 11 is 6.30. The molecule has 1 amide bonds. The number of rotatable bonds is 2. The molecule has 0 saturated carbocycles. The highest BCUT2D eigenvalue weighted by atomic mass is 35.5. The minimum Gasteiger partial charge on any atom is -0.328 e. The summed E-state index contributed by atoms with van der Waals surface area (Å²) in [5.41, 5.74) is 2.11. The second kappa shape index (κ2) is 9.18. The Morgan fingerprint density at radius 1 is 1.25 bits per heavy atom. The second-order valence-electron chi connectivity index (χ2n) is 5.28. The van der Waals surface area contributed by atoms with Gasteiger partial charge in [-0.15, -0.1) is 24.8 Å². The number of halogens is 3. The number of carbonyl (C=O) groups is 1. The maximum atomic E-state index is 12.8. The van der Waals surface area contributed by atoms with Crippen molar-refractivity contribution >= 4 is 42.3 Å². The van der Waals surface area contributed by atoms with Gasteiger partial charge < -0.3 is 10.2 Å². The molecule has 8 heteroatoms. The molecular formula is C16H19Cl3N4O. The molecule has 1 aliphatic heterocycles. The highest BCUT2D eigenvalue weighted by Crippen LogP contribution is 2.29. The van der Waals surface area contributed by atoms with E-state index in [0.29, 0.717) is 23.8 Å². The van der Waals surface area contributed by atoms with Crippen molar-refractivity contribution in [1.29, 1.82) is 0 Å². The molecule has 2 aromatic rings. The van der Waals surface area contributed by atoms with Gasteiger partial charge in [-0.1, -0.05) is 29.8 Å². The third-order valence-electron chi connectivity index (χ3n) is 3.77. The molecule has 0 aliphatic carbocycles. The normalized spacial score (nSPS) is 16.8. The van der Waals surface area contributed by atoms with Crippen LogP contribution >= 0.6 is 36.4 Å². The van der Waals surface area contributed by atoms with Gasteiger partial charge in [-0.2, -0.15) is 0 Å². The zero-order valence-corrected chi connectivity index (χ0v) is 15.5. The molecule has 1 aromatic heterocycles. The molecular weight excluding hydrogens is 371 g/mol. The summed E-state index contributed by atoms with van der Waals surface area (Å²) in [6.07, 6.45) is 3.14. The van der Waals surface area contributed by atoms with Gasteiger partial charge in [0, 0.05) is 30.9 Å². The minimum absolute atomic E-state index is 0. The lowest BCUT2D eigenvalue weighted by atomic mass is 10.0. The first kappa shape index (κ1) is 20.6. The summed E-state index contributed by atoms with van der Waals surface area (Å²) in [4.78, 5) is 22.9. The number of piperazine rings is 1. The molecule has 24 heavy (non-hydrogen) atoms. The number of carbonyl (C=O) groups excluding carboxylic acids is 1. The van der Waals surface area contributed by atoms with Gasteiger partial charge in [-0.3, -0.25) is 9.78 Å². The van der Waals surface area contributed by atoms with Gasteiger partial charge in [0.25, 0.3) is 5.91 Å². The highest BCUT2D eigenvalue weighted by Gasteiger charge is 2.30. The number of benzene rings is 1. The van der Waals surface area contributed by atoms with Crippen LogP contribution in [-0.4, -0.2) is 40.4 Å². The summed E-state index contributed by atoms with van der Waals surface area (Å²) in [5.74, 6) is -0.112. The van der Waals surface area contributed by atoms with E-state index in [4.69, 9.17) is 11.6 Å². The first-order valence-electron chi connectivity index (χ1n) is 7.21. The number of nitrogens with zero attached hydrogens (tertiary/aromatic N) is 3. The van der Waals surface area contributed by atoms with Crippen molar-refractivity contribution < 1.29 is 4.79 Å². The Hall–Kier alpha value is -1.40. The molecule has 3 rings (SSSR count). The average molecular weight is 390 g/mol. The number of aryl methyl sites for hydroxylation is 1. The summed E-state index contributed by atoms with van der Waals surface area (Å²) in [6, 6.07) is 7.53. The standard InChI is InChI=1S/C16H17ClN4O.2ClH/c1-11-8-20-14(9-19-11)16(22)21-7-6-18-10-15(21)12-4-2-3-5-13(12)17;;/h2-5,8-9,15,18H,6-7,10H2,1H3;2*1H. The summed E-state index contributed by atoms with van der Waals surface area (Å²) in [5, 5.41) is 3.99. The van der Waals surface area contributed by atoms with Crippen LogP contribution in [0.1, 0.15) is 27.8 Å². The smallest absolute Gasteiger partial charge is 0.274 e. The van der Waals surface area contributed by atoms with Crippen molar-refractivity contribution in [2.45, 2.75) is 13.0 Å². The zero-order valence-electron chi connectivity index (χ0n) is 13.1. The molecule has 1 atom stereocenters. The van der Waals surface area contributed by atoms with Crippen molar-refractivity contribution in [3.63, 3.8) is 0 Å². The fourth-order valence-electron chi connectivity index (χ4n) is 2.62. The molecule has 0 spiro atoms. The maximum Gasteiger partial charge on any atom is 0.274 e. The van der Waals surface area contributed by atoms with Gasteiger partial charge in [0.15, 0.2) is 0 Å². The molecule has 1 N–H and O–H groups in total. The third kappa shape index (κ3) is 4.36. The monoisotopic (exact) mass is 388 g/mol. The Morgan fingerprint density at radius 2 is 2.00 bits per heavy atom. The van der Waals surface area contributed by atoms with Crippen molar-refractivity contribution in [1.82, 2.24) is 20.2 Å². The fraction of sp³-hybridized carbons (Fsp3) is 0.312. The lowest BCUT2D eigenvalue weighted by Crippen LogP contribution is -2.49.